The van der Waals surface area contributed by atoms with Gasteiger partial charge in [0.05, 0.1) is 12.7 Å². The summed E-state index contributed by atoms with van der Waals surface area (Å²) in [4.78, 5) is 11.0. The predicted octanol–water partition coefficient (Wildman–Crippen LogP) is 2.75. The highest BCUT2D eigenvalue weighted by atomic mass is 127. The zero-order chi connectivity index (χ0) is 12.3. The van der Waals surface area contributed by atoms with Gasteiger partial charge in [0.15, 0.2) is 0 Å². The molecule has 1 fully saturated rings. The summed E-state index contributed by atoms with van der Waals surface area (Å²) in [5.74, 6) is -0.881. The van der Waals surface area contributed by atoms with Gasteiger partial charge >= 0.3 is 5.97 Å². The minimum Gasteiger partial charge on any atom is -0.477 e. The monoisotopic (exact) mass is 349 g/mol. The van der Waals surface area contributed by atoms with E-state index in [-0.39, 0.29) is 0 Å². The molecule has 0 bridgehead atoms. The average molecular weight is 349 g/mol. The number of aromatic nitrogens is 1. The smallest absolute Gasteiger partial charge is 0.352 e. The van der Waals surface area contributed by atoms with Crippen LogP contribution in [0.2, 0.25) is 0 Å². The third-order valence-electron chi connectivity index (χ3n) is 3.07. The van der Waals surface area contributed by atoms with Crippen LogP contribution in [-0.2, 0) is 11.3 Å². The molecule has 1 aromatic heterocycles. The molecule has 0 radical (unpaired) electrons. The minimum absolute atomic E-state index is 0.337. The SMILES string of the molecule is O=C(O)c1cc(I)cn1CCOC1CCCC1. The Morgan fingerprint density at radius 2 is 2.24 bits per heavy atom. The van der Waals surface area contributed by atoms with E-state index in [9.17, 15) is 4.79 Å². The summed E-state index contributed by atoms with van der Waals surface area (Å²) < 4.78 is 8.43. The van der Waals surface area contributed by atoms with Crippen LogP contribution in [-0.4, -0.2) is 28.4 Å². The normalized spacial score (nSPS) is 16.5. The zero-order valence-corrected chi connectivity index (χ0v) is 11.7. The lowest BCUT2D eigenvalue weighted by atomic mass is 10.3. The van der Waals surface area contributed by atoms with Crippen LogP contribution in [0.1, 0.15) is 36.2 Å². The second-order valence-electron chi connectivity index (χ2n) is 4.32. The molecule has 0 unspecified atom stereocenters. The molecule has 94 valence electrons. The van der Waals surface area contributed by atoms with Crippen molar-refractivity contribution in [2.75, 3.05) is 6.61 Å². The molecule has 17 heavy (non-hydrogen) atoms. The van der Waals surface area contributed by atoms with Crippen LogP contribution >= 0.6 is 22.6 Å². The van der Waals surface area contributed by atoms with Crippen LogP contribution in [0.3, 0.4) is 0 Å². The lowest BCUT2D eigenvalue weighted by Crippen LogP contribution is -2.15. The number of hydrogen-bond acceptors (Lipinski definition) is 2. The number of rotatable bonds is 5. The first kappa shape index (κ1) is 12.9. The molecule has 2 rings (SSSR count). The van der Waals surface area contributed by atoms with E-state index in [1.54, 1.807) is 10.6 Å². The number of halogens is 1. The van der Waals surface area contributed by atoms with Gasteiger partial charge in [-0.05, 0) is 41.5 Å². The number of carbonyl (C=O) groups is 1. The Labute approximate surface area is 114 Å². The largest absolute Gasteiger partial charge is 0.477 e. The molecule has 1 N–H and O–H groups in total. The highest BCUT2D eigenvalue weighted by Gasteiger charge is 2.16. The average Bonchev–Trinajstić information content (AvgIpc) is 2.88. The second kappa shape index (κ2) is 5.86. The number of nitrogens with zero attached hydrogens (tertiary/aromatic N) is 1. The summed E-state index contributed by atoms with van der Waals surface area (Å²) in [6.07, 6.45) is 7.04. The van der Waals surface area contributed by atoms with Crippen LogP contribution in [0.4, 0.5) is 0 Å². The van der Waals surface area contributed by atoms with Gasteiger partial charge in [-0.2, -0.15) is 0 Å². The minimum atomic E-state index is -0.881. The van der Waals surface area contributed by atoms with Crippen molar-refractivity contribution >= 4 is 28.6 Å². The summed E-state index contributed by atoms with van der Waals surface area (Å²) >= 11 is 2.12. The van der Waals surface area contributed by atoms with Gasteiger partial charge in [0.1, 0.15) is 5.69 Å². The molecular weight excluding hydrogens is 333 g/mol. The Balaban J connectivity index is 1.87. The van der Waals surface area contributed by atoms with Crippen molar-refractivity contribution in [1.82, 2.24) is 4.57 Å². The fourth-order valence-corrected chi connectivity index (χ4v) is 2.84. The van der Waals surface area contributed by atoms with Gasteiger partial charge in [-0.25, -0.2) is 4.79 Å². The van der Waals surface area contributed by atoms with Gasteiger partial charge < -0.3 is 14.4 Å². The summed E-state index contributed by atoms with van der Waals surface area (Å²) in [5, 5.41) is 9.02. The molecule has 0 spiro atoms. The first-order chi connectivity index (χ1) is 8.16. The standard InChI is InChI=1S/C12H16INO3/c13-9-7-11(12(15)16)14(8-9)5-6-17-10-3-1-2-4-10/h7-8,10H,1-6H2,(H,15,16). The Morgan fingerprint density at radius 1 is 1.53 bits per heavy atom. The van der Waals surface area contributed by atoms with Crippen molar-refractivity contribution in [3.05, 3.63) is 21.5 Å². The Hall–Kier alpha value is -0.560. The molecule has 1 saturated carbocycles. The third-order valence-corrected chi connectivity index (χ3v) is 3.66. The predicted molar refractivity (Wildman–Crippen MR) is 72.3 cm³/mol. The topological polar surface area (TPSA) is 51.5 Å². The highest BCUT2D eigenvalue weighted by molar-refractivity contribution is 14.1. The Kier molecular flexibility index (Phi) is 4.44. The molecule has 0 aliphatic heterocycles. The molecular formula is C12H16INO3. The molecule has 0 amide bonds. The van der Waals surface area contributed by atoms with Crippen LogP contribution in [0, 0.1) is 3.57 Å². The van der Waals surface area contributed by atoms with Crippen molar-refractivity contribution in [1.29, 1.82) is 0 Å². The van der Waals surface area contributed by atoms with E-state index in [0.29, 0.717) is 24.9 Å². The van der Waals surface area contributed by atoms with Crippen molar-refractivity contribution in [2.24, 2.45) is 0 Å². The van der Waals surface area contributed by atoms with Crippen molar-refractivity contribution < 1.29 is 14.6 Å². The molecule has 1 heterocycles. The lowest BCUT2D eigenvalue weighted by molar-refractivity contribution is 0.0515. The maximum atomic E-state index is 11.0. The number of carboxylic acids is 1. The lowest BCUT2D eigenvalue weighted by Gasteiger charge is -2.12. The molecule has 0 atom stereocenters. The van der Waals surface area contributed by atoms with Gasteiger partial charge in [0.25, 0.3) is 0 Å². The zero-order valence-electron chi connectivity index (χ0n) is 9.56. The van der Waals surface area contributed by atoms with Crippen molar-refractivity contribution in [3.63, 3.8) is 0 Å². The number of carboxylic acid groups (broad SMARTS) is 1. The summed E-state index contributed by atoms with van der Waals surface area (Å²) in [6, 6.07) is 1.68. The summed E-state index contributed by atoms with van der Waals surface area (Å²) in [6.45, 7) is 1.21. The van der Waals surface area contributed by atoms with Crippen molar-refractivity contribution in [3.8, 4) is 0 Å². The van der Waals surface area contributed by atoms with E-state index in [4.69, 9.17) is 9.84 Å². The van der Waals surface area contributed by atoms with Gasteiger partial charge in [-0.15, -0.1) is 0 Å². The third kappa shape index (κ3) is 3.45. The number of aromatic carboxylic acids is 1. The van der Waals surface area contributed by atoms with E-state index in [1.165, 1.54) is 12.8 Å². The molecule has 1 aliphatic carbocycles. The second-order valence-corrected chi connectivity index (χ2v) is 5.56. The van der Waals surface area contributed by atoms with Gasteiger partial charge in [0.2, 0.25) is 0 Å². The molecule has 1 aromatic rings. The molecule has 4 nitrogen and oxygen atoms in total. The van der Waals surface area contributed by atoms with E-state index in [0.717, 1.165) is 16.4 Å². The molecule has 5 heteroatoms. The maximum Gasteiger partial charge on any atom is 0.352 e. The summed E-state index contributed by atoms with van der Waals surface area (Å²) in [7, 11) is 0. The highest BCUT2D eigenvalue weighted by Crippen LogP contribution is 2.21. The van der Waals surface area contributed by atoms with E-state index in [2.05, 4.69) is 22.6 Å². The van der Waals surface area contributed by atoms with E-state index >= 15 is 0 Å². The first-order valence-corrected chi connectivity index (χ1v) is 6.95. The van der Waals surface area contributed by atoms with Crippen LogP contribution in [0.25, 0.3) is 0 Å². The van der Waals surface area contributed by atoms with Crippen LogP contribution in [0.15, 0.2) is 12.3 Å². The quantitative estimate of drug-likeness (QED) is 0.832. The van der Waals surface area contributed by atoms with Gasteiger partial charge in [-0.1, -0.05) is 12.8 Å². The van der Waals surface area contributed by atoms with Crippen LogP contribution < -0.4 is 0 Å². The molecule has 1 aliphatic rings. The van der Waals surface area contributed by atoms with E-state index in [1.807, 2.05) is 6.20 Å². The number of ether oxygens (including phenoxy) is 1. The maximum absolute atomic E-state index is 11.0. The van der Waals surface area contributed by atoms with Crippen molar-refractivity contribution in [2.45, 2.75) is 38.3 Å². The molecule has 0 aromatic carbocycles. The number of hydrogen-bond donors (Lipinski definition) is 1. The summed E-state index contributed by atoms with van der Waals surface area (Å²) in [5.41, 5.74) is 0.337. The first-order valence-electron chi connectivity index (χ1n) is 5.87. The fraction of sp³-hybridized carbons (Fsp3) is 0.583. The van der Waals surface area contributed by atoms with E-state index < -0.39 is 5.97 Å². The fourth-order valence-electron chi connectivity index (χ4n) is 2.21. The van der Waals surface area contributed by atoms with Gasteiger partial charge in [0, 0.05) is 16.3 Å². The molecule has 0 saturated heterocycles. The van der Waals surface area contributed by atoms with Gasteiger partial charge in [-0.3, -0.25) is 0 Å². The van der Waals surface area contributed by atoms with Crippen LogP contribution in [0.5, 0.6) is 0 Å². The Morgan fingerprint density at radius 3 is 2.88 bits per heavy atom. The Bertz CT molecular complexity index is 396.